The lowest BCUT2D eigenvalue weighted by atomic mass is 9.88. The number of aliphatic hydroxyl groups is 1. The fourth-order valence-corrected chi connectivity index (χ4v) is 0.741. The molecule has 0 unspecified atom stereocenters. The second-order valence-electron chi connectivity index (χ2n) is 6.74. The molecule has 0 aliphatic rings. The van der Waals surface area contributed by atoms with Crippen LogP contribution in [-0.2, 0) is 20.0 Å². The van der Waals surface area contributed by atoms with Gasteiger partial charge in [-0.25, -0.2) is 4.79 Å². The number of rotatable bonds is 2. The molecule has 0 saturated carbocycles. The summed E-state index contributed by atoms with van der Waals surface area (Å²) in [5, 5.41) is 25.5. The summed E-state index contributed by atoms with van der Waals surface area (Å²) in [6.07, 6.45) is -1.27. The van der Waals surface area contributed by atoms with Crippen LogP contribution in [0.2, 0.25) is 0 Å². The van der Waals surface area contributed by atoms with Crippen LogP contribution in [-0.4, -0.2) is 56.9 Å². The van der Waals surface area contributed by atoms with Gasteiger partial charge in [0.2, 0.25) is 0 Å². The van der Waals surface area contributed by atoms with Gasteiger partial charge in [0.15, 0.2) is 6.10 Å². The zero-order valence-corrected chi connectivity index (χ0v) is 14.8. The van der Waals surface area contributed by atoms with Crippen LogP contribution in [0.5, 0.6) is 0 Å². The van der Waals surface area contributed by atoms with Crippen molar-refractivity contribution in [3.63, 3.8) is 0 Å². The Balaban J connectivity index is -0.000000273. The van der Waals surface area contributed by atoms with Gasteiger partial charge in [-0.2, -0.15) is 8.42 Å². The van der Waals surface area contributed by atoms with Gasteiger partial charge in [-0.3, -0.25) is 13.9 Å². The third-order valence-electron chi connectivity index (χ3n) is 2.25. The monoisotopic (exact) mass is 361 g/mol. The molecule has 10 nitrogen and oxygen atoms in total. The van der Waals surface area contributed by atoms with Gasteiger partial charge in [-0.05, 0) is 10.8 Å². The fourth-order valence-electron chi connectivity index (χ4n) is 0.741. The normalized spacial score (nSPS) is 14.3. The number of hydrogen-bond donors (Lipinski definition) is 6. The Labute approximate surface area is 135 Å². The van der Waals surface area contributed by atoms with Crippen LogP contribution in [0, 0.1) is 10.8 Å². The summed E-state index contributed by atoms with van der Waals surface area (Å²) in [6, 6.07) is -0.766. The molecule has 0 spiro atoms. The first kappa shape index (κ1) is 26.6. The highest BCUT2D eigenvalue weighted by atomic mass is 32.3. The Morgan fingerprint density at radius 3 is 1.13 bits per heavy atom. The number of carboxylic acid groups (broad SMARTS) is 2. The average molecular weight is 361 g/mol. The molecule has 0 aliphatic heterocycles. The van der Waals surface area contributed by atoms with Crippen molar-refractivity contribution in [2.75, 3.05) is 0 Å². The van der Waals surface area contributed by atoms with Crippen LogP contribution in [0.3, 0.4) is 0 Å². The van der Waals surface area contributed by atoms with E-state index in [4.69, 9.17) is 38.6 Å². The number of carbonyl (C=O) groups is 2. The van der Waals surface area contributed by atoms with Crippen LogP contribution >= 0.6 is 0 Å². The highest BCUT2D eigenvalue weighted by Gasteiger charge is 2.28. The summed E-state index contributed by atoms with van der Waals surface area (Å²) in [7, 11) is -4.67. The highest BCUT2D eigenvalue weighted by Crippen LogP contribution is 2.18. The average Bonchev–Trinajstić information content (AvgIpc) is 2.22. The minimum Gasteiger partial charge on any atom is -0.480 e. The van der Waals surface area contributed by atoms with Gasteiger partial charge in [-0.15, -0.1) is 0 Å². The van der Waals surface area contributed by atoms with E-state index in [0.717, 1.165) is 0 Å². The van der Waals surface area contributed by atoms with Crippen molar-refractivity contribution in [3.8, 4) is 0 Å². The van der Waals surface area contributed by atoms with Gasteiger partial charge in [-0.1, -0.05) is 41.5 Å². The van der Waals surface area contributed by atoms with Crippen molar-refractivity contribution in [1.29, 1.82) is 0 Å². The smallest absolute Gasteiger partial charge is 0.394 e. The minimum atomic E-state index is -4.67. The number of aliphatic carboxylic acids is 2. The maximum atomic E-state index is 10.2. The first-order valence-electron chi connectivity index (χ1n) is 6.30. The molecule has 0 radical (unpaired) electrons. The second-order valence-corrected chi connectivity index (χ2v) is 7.63. The molecule has 0 bridgehead atoms. The predicted octanol–water partition coefficient (Wildman–Crippen LogP) is 0.270. The molecule has 0 rings (SSSR count). The zero-order chi connectivity index (χ0) is 19.8. The molecule has 7 N–H and O–H groups in total. The highest BCUT2D eigenvalue weighted by molar-refractivity contribution is 7.79. The zero-order valence-electron chi connectivity index (χ0n) is 14.0. The Bertz CT molecular complexity index is 436. The van der Waals surface area contributed by atoms with Crippen LogP contribution in [0.4, 0.5) is 0 Å². The quantitative estimate of drug-likeness (QED) is 0.371. The molecule has 0 heterocycles. The van der Waals surface area contributed by atoms with Gasteiger partial charge in [0.25, 0.3) is 0 Å². The molecule has 11 heteroatoms. The summed E-state index contributed by atoms with van der Waals surface area (Å²) < 4.78 is 31.6. The van der Waals surface area contributed by atoms with Crippen LogP contribution in [0.1, 0.15) is 41.5 Å². The van der Waals surface area contributed by atoms with E-state index in [1.807, 2.05) is 0 Å². The van der Waals surface area contributed by atoms with Crippen molar-refractivity contribution < 1.29 is 42.4 Å². The number of carboxylic acids is 2. The lowest BCUT2D eigenvalue weighted by Crippen LogP contribution is -2.41. The van der Waals surface area contributed by atoms with Crippen molar-refractivity contribution >= 4 is 22.3 Å². The second kappa shape index (κ2) is 9.78. The van der Waals surface area contributed by atoms with Gasteiger partial charge < -0.3 is 21.1 Å². The van der Waals surface area contributed by atoms with Crippen molar-refractivity contribution in [2.24, 2.45) is 16.6 Å². The van der Waals surface area contributed by atoms with E-state index >= 15 is 0 Å². The molecule has 0 aromatic heterocycles. The molecule has 0 amide bonds. The topological polar surface area (TPSA) is 195 Å². The van der Waals surface area contributed by atoms with Gasteiger partial charge in [0.05, 0.1) is 0 Å². The summed E-state index contributed by atoms with van der Waals surface area (Å²) in [5.74, 6) is -2.11. The third-order valence-corrected chi connectivity index (χ3v) is 2.25. The molecule has 2 atom stereocenters. The van der Waals surface area contributed by atoms with E-state index in [1.54, 1.807) is 41.5 Å². The molecule has 0 aromatic rings. The lowest BCUT2D eigenvalue weighted by Gasteiger charge is -2.22. The Morgan fingerprint density at radius 1 is 0.870 bits per heavy atom. The molecular formula is C12H27NO9S. The molecule has 0 fully saturated rings. The number of nitrogens with two attached hydrogens (primary N) is 1. The maximum absolute atomic E-state index is 10.2. The first-order valence-corrected chi connectivity index (χ1v) is 7.70. The van der Waals surface area contributed by atoms with Crippen LogP contribution in [0.15, 0.2) is 0 Å². The maximum Gasteiger partial charge on any atom is 0.394 e. The lowest BCUT2D eigenvalue weighted by molar-refractivity contribution is -0.152. The van der Waals surface area contributed by atoms with Gasteiger partial charge in [0.1, 0.15) is 6.04 Å². The molecule has 0 aromatic carbocycles. The standard InChI is InChI=1S/C6H13NO2.C6H12O3.H2O4S/c2*1-6(2,3)4(7)5(8)9;1-5(2,3)4/h4H,7H2,1-3H3,(H,8,9);4,7H,1-3H3,(H,8,9);(H2,1,2,3,4)/t2*4-;/m11./s1. The summed E-state index contributed by atoms with van der Waals surface area (Å²) in [6.45, 7) is 10.4. The van der Waals surface area contributed by atoms with Crippen molar-refractivity contribution in [1.82, 2.24) is 0 Å². The van der Waals surface area contributed by atoms with Crippen molar-refractivity contribution in [2.45, 2.75) is 53.7 Å². The molecule has 140 valence electrons. The van der Waals surface area contributed by atoms with E-state index in [9.17, 15) is 9.59 Å². The third kappa shape index (κ3) is 20.7. The predicted molar refractivity (Wildman–Crippen MR) is 82.3 cm³/mol. The van der Waals surface area contributed by atoms with Gasteiger partial charge in [0, 0.05) is 0 Å². The van der Waals surface area contributed by atoms with Crippen LogP contribution < -0.4 is 5.73 Å². The van der Waals surface area contributed by atoms with Crippen molar-refractivity contribution in [3.05, 3.63) is 0 Å². The Kier molecular flexibility index (Phi) is 11.3. The minimum absolute atomic E-state index is 0.341. The molecule has 0 aliphatic carbocycles. The van der Waals surface area contributed by atoms with E-state index in [1.165, 1.54) is 0 Å². The molecular weight excluding hydrogens is 334 g/mol. The number of hydrogen-bond acceptors (Lipinski definition) is 6. The van der Waals surface area contributed by atoms with Gasteiger partial charge >= 0.3 is 22.3 Å². The largest absolute Gasteiger partial charge is 0.480 e. The Morgan fingerprint density at radius 2 is 1.13 bits per heavy atom. The van der Waals surface area contributed by atoms with E-state index in [-0.39, 0.29) is 5.41 Å². The van der Waals surface area contributed by atoms with E-state index in [0.29, 0.717) is 0 Å². The molecule has 23 heavy (non-hydrogen) atoms. The van der Waals surface area contributed by atoms with Crippen LogP contribution in [0.25, 0.3) is 0 Å². The summed E-state index contributed by atoms with van der Waals surface area (Å²) >= 11 is 0. The molecule has 0 saturated heterocycles. The number of aliphatic hydroxyl groups excluding tert-OH is 1. The van der Waals surface area contributed by atoms with E-state index < -0.39 is 39.9 Å². The summed E-state index contributed by atoms with van der Waals surface area (Å²) in [4.78, 5) is 20.3. The summed E-state index contributed by atoms with van der Waals surface area (Å²) in [5.41, 5.74) is 4.39. The fraction of sp³-hybridized carbons (Fsp3) is 0.833. The first-order chi connectivity index (χ1) is 9.71. The SMILES string of the molecule is CC(C)(C)[C@H](N)C(=O)O.CC(C)(C)[C@H](O)C(=O)O.O=S(=O)(O)O. The van der Waals surface area contributed by atoms with E-state index in [2.05, 4.69) is 0 Å². The Hall–Kier alpha value is -1.27.